The molecule has 0 atom stereocenters. The van der Waals surface area contributed by atoms with E-state index >= 15 is 0 Å². The Kier molecular flexibility index (Phi) is 5.54. The first-order chi connectivity index (χ1) is 10.7. The van der Waals surface area contributed by atoms with Gasteiger partial charge in [0.1, 0.15) is 0 Å². The van der Waals surface area contributed by atoms with Gasteiger partial charge in [-0.2, -0.15) is 0 Å². The van der Waals surface area contributed by atoms with E-state index in [1.807, 2.05) is 24.3 Å². The molecule has 0 aliphatic heterocycles. The number of hydrogen-bond acceptors (Lipinski definition) is 4. The maximum absolute atomic E-state index is 11.8. The van der Waals surface area contributed by atoms with E-state index in [0.717, 1.165) is 11.1 Å². The molecule has 0 radical (unpaired) electrons. The lowest BCUT2D eigenvalue weighted by Gasteiger charge is -2.07. The molecular formula is C17H18N2O3. The minimum absolute atomic E-state index is 0.168. The number of carbonyl (C=O) groups excluding carboxylic acids is 1. The number of nitrogens with zero attached hydrogens (tertiary/aromatic N) is 1. The lowest BCUT2D eigenvalue weighted by Crippen LogP contribution is -2.20. The van der Waals surface area contributed by atoms with Crippen LogP contribution >= 0.6 is 0 Å². The Labute approximate surface area is 129 Å². The van der Waals surface area contributed by atoms with Gasteiger partial charge in [0.2, 0.25) is 5.91 Å². The number of nitrogens with one attached hydrogen (secondary N) is 1. The van der Waals surface area contributed by atoms with Crippen LogP contribution in [0.5, 0.6) is 11.5 Å². The van der Waals surface area contributed by atoms with Crippen molar-refractivity contribution >= 4 is 12.0 Å². The van der Waals surface area contributed by atoms with Crippen LogP contribution in [0.1, 0.15) is 11.1 Å². The number of pyridine rings is 1. The van der Waals surface area contributed by atoms with Crippen LogP contribution in [0.15, 0.2) is 48.8 Å². The second-order valence-corrected chi connectivity index (χ2v) is 4.53. The van der Waals surface area contributed by atoms with Crippen molar-refractivity contribution in [2.75, 3.05) is 14.2 Å². The minimum Gasteiger partial charge on any atom is -0.493 e. The predicted molar refractivity (Wildman–Crippen MR) is 84.7 cm³/mol. The highest BCUT2D eigenvalue weighted by Crippen LogP contribution is 2.27. The molecule has 0 aliphatic carbocycles. The van der Waals surface area contributed by atoms with Crippen LogP contribution in [0.25, 0.3) is 6.08 Å². The van der Waals surface area contributed by atoms with E-state index < -0.39 is 0 Å². The van der Waals surface area contributed by atoms with Gasteiger partial charge >= 0.3 is 0 Å². The Morgan fingerprint density at radius 1 is 1.23 bits per heavy atom. The van der Waals surface area contributed by atoms with Crippen molar-refractivity contribution < 1.29 is 14.3 Å². The first-order valence-corrected chi connectivity index (χ1v) is 6.80. The molecule has 0 saturated heterocycles. The molecule has 1 heterocycles. The molecule has 0 bridgehead atoms. The molecule has 1 aromatic carbocycles. The molecule has 1 amide bonds. The molecule has 0 spiro atoms. The van der Waals surface area contributed by atoms with Gasteiger partial charge in [-0.25, -0.2) is 0 Å². The lowest BCUT2D eigenvalue weighted by molar-refractivity contribution is -0.116. The summed E-state index contributed by atoms with van der Waals surface area (Å²) in [5.74, 6) is 1.11. The molecule has 5 nitrogen and oxygen atoms in total. The first kappa shape index (κ1) is 15.6. The summed E-state index contributed by atoms with van der Waals surface area (Å²) in [6, 6.07) is 9.20. The van der Waals surface area contributed by atoms with Crippen LogP contribution in [-0.2, 0) is 11.3 Å². The summed E-state index contributed by atoms with van der Waals surface area (Å²) in [5, 5.41) is 2.80. The van der Waals surface area contributed by atoms with Gasteiger partial charge in [-0.3, -0.25) is 9.78 Å². The van der Waals surface area contributed by atoms with Crippen molar-refractivity contribution in [1.29, 1.82) is 0 Å². The van der Waals surface area contributed by atoms with Crippen LogP contribution in [0.2, 0.25) is 0 Å². The average molecular weight is 298 g/mol. The van der Waals surface area contributed by atoms with Crippen LogP contribution in [0.3, 0.4) is 0 Å². The lowest BCUT2D eigenvalue weighted by atomic mass is 10.2. The van der Waals surface area contributed by atoms with Gasteiger partial charge in [-0.15, -0.1) is 0 Å². The number of amides is 1. The number of rotatable bonds is 6. The fraction of sp³-hybridized carbons (Fsp3) is 0.176. The van der Waals surface area contributed by atoms with E-state index in [1.54, 1.807) is 38.8 Å². The maximum atomic E-state index is 11.8. The molecule has 2 rings (SSSR count). The number of hydrogen-bond donors (Lipinski definition) is 1. The largest absolute Gasteiger partial charge is 0.493 e. The van der Waals surface area contributed by atoms with Crippen LogP contribution < -0.4 is 14.8 Å². The molecule has 0 fully saturated rings. The van der Waals surface area contributed by atoms with Gasteiger partial charge in [0.15, 0.2) is 11.5 Å². The summed E-state index contributed by atoms with van der Waals surface area (Å²) in [7, 11) is 3.16. The van der Waals surface area contributed by atoms with Gasteiger partial charge in [0.25, 0.3) is 0 Å². The monoisotopic (exact) mass is 298 g/mol. The zero-order chi connectivity index (χ0) is 15.8. The summed E-state index contributed by atoms with van der Waals surface area (Å²) in [5.41, 5.74) is 1.81. The molecule has 5 heteroatoms. The van der Waals surface area contributed by atoms with Crippen molar-refractivity contribution in [2.24, 2.45) is 0 Å². The maximum Gasteiger partial charge on any atom is 0.244 e. The van der Waals surface area contributed by atoms with E-state index in [2.05, 4.69) is 10.3 Å². The molecule has 1 N–H and O–H groups in total. The second kappa shape index (κ2) is 7.83. The van der Waals surface area contributed by atoms with Gasteiger partial charge in [0.05, 0.1) is 14.2 Å². The summed E-state index contributed by atoms with van der Waals surface area (Å²) in [6.07, 6.45) is 6.62. The molecule has 22 heavy (non-hydrogen) atoms. The van der Waals surface area contributed by atoms with Gasteiger partial charge in [0, 0.05) is 25.0 Å². The Morgan fingerprint density at radius 2 is 2.05 bits per heavy atom. The first-order valence-electron chi connectivity index (χ1n) is 6.80. The number of benzene rings is 1. The fourth-order valence-electron chi connectivity index (χ4n) is 1.88. The Balaban J connectivity index is 1.95. The number of ether oxygens (including phenoxy) is 2. The normalized spacial score (nSPS) is 10.5. The van der Waals surface area contributed by atoms with Crippen LogP contribution in [0, 0.1) is 0 Å². The Morgan fingerprint density at radius 3 is 2.73 bits per heavy atom. The molecule has 0 aliphatic rings. The van der Waals surface area contributed by atoms with Crippen molar-refractivity contribution in [3.63, 3.8) is 0 Å². The van der Waals surface area contributed by atoms with Crippen LogP contribution in [0.4, 0.5) is 0 Å². The standard InChI is InChI=1S/C17H18N2O3/c1-21-15-7-5-13(10-16(15)22-2)6-8-17(20)19-12-14-4-3-9-18-11-14/h3-11H,12H2,1-2H3,(H,19,20). The summed E-state index contributed by atoms with van der Waals surface area (Å²) in [4.78, 5) is 15.8. The van der Waals surface area contributed by atoms with Crippen molar-refractivity contribution in [1.82, 2.24) is 10.3 Å². The summed E-state index contributed by atoms with van der Waals surface area (Å²) >= 11 is 0. The van der Waals surface area contributed by atoms with Gasteiger partial charge in [-0.1, -0.05) is 12.1 Å². The van der Waals surface area contributed by atoms with Gasteiger partial charge < -0.3 is 14.8 Å². The van der Waals surface area contributed by atoms with E-state index in [9.17, 15) is 4.79 Å². The smallest absolute Gasteiger partial charge is 0.244 e. The van der Waals surface area contributed by atoms with Gasteiger partial charge in [-0.05, 0) is 35.4 Å². The number of methoxy groups -OCH3 is 2. The van der Waals surface area contributed by atoms with E-state index in [0.29, 0.717) is 18.0 Å². The van der Waals surface area contributed by atoms with Crippen molar-refractivity contribution in [3.8, 4) is 11.5 Å². The molecule has 0 saturated carbocycles. The highest BCUT2D eigenvalue weighted by molar-refractivity contribution is 5.91. The molecule has 0 unspecified atom stereocenters. The van der Waals surface area contributed by atoms with Crippen molar-refractivity contribution in [3.05, 3.63) is 59.9 Å². The van der Waals surface area contributed by atoms with Crippen molar-refractivity contribution in [2.45, 2.75) is 6.54 Å². The SMILES string of the molecule is COc1ccc(C=CC(=O)NCc2cccnc2)cc1OC. The molecular weight excluding hydrogens is 280 g/mol. The zero-order valence-corrected chi connectivity index (χ0v) is 12.6. The van der Waals surface area contributed by atoms with E-state index in [-0.39, 0.29) is 5.91 Å². The highest BCUT2D eigenvalue weighted by Gasteiger charge is 2.03. The number of aromatic nitrogens is 1. The predicted octanol–water partition coefficient (Wildman–Crippen LogP) is 2.43. The minimum atomic E-state index is -0.168. The number of carbonyl (C=O) groups is 1. The molecule has 2 aromatic rings. The average Bonchev–Trinajstić information content (AvgIpc) is 2.58. The quantitative estimate of drug-likeness (QED) is 0.832. The van der Waals surface area contributed by atoms with E-state index in [4.69, 9.17) is 9.47 Å². The third-order valence-electron chi connectivity index (χ3n) is 3.02. The summed E-state index contributed by atoms with van der Waals surface area (Å²) < 4.78 is 10.4. The topological polar surface area (TPSA) is 60.5 Å². The summed E-state index contributed by atoms with van der Waals surface area (Å²) in [6.45, 7) is 0.447. The fourth-order valence-corrected chi connectivity index (χ4v) is 1.88. The zero-order valence-electron chi connectivity index (χ0n) is 12.6. The second-order valence-electron chi connectivity index (χ2n) is 4.53. The Hall–Kier alpha value is -2.82. The van der Waals surface area contributed by atoms with E-state index in [1.165, 1.54) is 6.08 Å². The third-order valence-corrected chi connectivity index (χ3v) is 3.02. The molecule has 1 aromatic heterocycles. The Bertz CT molecular complexity index is 654. The third kappa shape index (κ3) is 4.34. The molecule has 114 valence electrons. The van der Waals surface area contributed by atoms with Crippen LogP contribution in [-0.4, -0.2) is 25.1 Å². The highest BCUT2D eigenvalue weighted by atomic mass is 16.5.